The van der Waals surface area contributed by atoms with E-state index in [0.717, 1.165) is 29.5 Å². The van der Waals surface area contributed by atoms with Crippen molar-refractivity contribution in [3.05, 3.63) is 21.3 Å². The summed E-state index contributed by atoms with van der Waals surface area (Å²) in [6, 6.07) is 3.15. The van der Waals surface area contributed by atoms with Crippen molar-refractivity contribution < 1.29 is 9.59 Å². The Morgan fingerprint density at radius 2 is 1.95 bits per heavy atom. The molecule has 2 atom stereocenters. The average Bonchev–Trinajstić information content (AvgIpc) is 2.93. The van der Waals surface area contributed by atoms with E-state index in [9.17, 15) is 9.59 Å². The standard InChI is InChI=1S/C14H19ClN2O2S2/c1-9(11-3-4-12(15)21-11)13(18)16-10(2)14(19)17-5-7-20-8-6-17/h3-4,9-10H,5-8H2,1-2H3,(H,16,18). The van der Waals surface area contributed by atoms with Gasteiger partial charge in [0.2, 0.25) is 11.8 Å². The van der Waals surface area contributed by atoms with Crippen molar-refractivity contribution in [1.82, 2.24) is 10.2 Å². The normalized spacial score (nSPS) is 18.1. The molecule has 0 bridgehead atoms. The Hall–Kier alpha value is -0.720. The van der Waals surface area contributed by atoms with Crippen LogP contribution in [0.25, 0.3) is 0 Å². The molecule has 7 heteroatoms. The zero-order valence-corrected chi connectivity index (χ0v) is 14.5. The quantitative estimate of drug-likeness (QED) is 0.911. The fraction of sp³-hybridized carbons (Fsp3) is 0.571. The van der Waals surface area contributed by atoms with E-state index in [1.807, 2.05) is 29.7 Å². The van der Waals surface area contributed by atoms with E-state index in [4.69, 9.17) is 11.6 Å². The summed E-state index contributed by atoms with van der Waals surface area (Å²) in [7, 11) is 0. The lowest BCUT2D eigenvalue weighted by atomic mass is 10.1. The zero-order valence-electron chi connectivity index (χ0n) is 12.1. The predicted octanol–water partition coefficient (Wildman–Crippen LogP) is 2.59. The van der Waals surface area contributed by atoms with Crippen LogP contribution in [0.5, 0.6) is 0 Å². The number of carbonyl (C=O) groups excluding carboxylic acids is 2. The van der Waals surface area contributed by atoms with Crippen molar-refractivity contribution >= 4 is 46.5 Å². The molecule has 116 valence electrons. The van der Waals surface area contributed by atoms with Crippen molar-refractivity contribution in [2.24, 2.45) is 0 Å². The maximum atomic E-state index is 12.3. The molecule has 2 amide bonds. The van der Waals surface area contributed by atoms with E-state index in [-0.39, 0.29) is 17.7 Å². The van der Waals surface area contributed by atoms with Crippen LogP contribution >= 0.6 is 34.7 Å². The average molecular weight is 347 g/mol. The van der Waals surface area contributed by atoms with Crippen LogP contribution in [0.2, 0.25) is 4.34 Å². The molecule has 1 aliphatic heterocycles. The summed E-state index contributed by atoms with van der Waals surface area (Å²) in [6.45, 7) is 5.10. The van der Waals surface area contributed by atoms with Crippen LogP contribution in [-0.4, -0.2) is 47.4 Å². The van der Waals surface area contributed by atoms with Gasteiger partial charge < -0.3 is 10.2 Å². The van der Waals surface area contributed by atoms with Crippen LogP contribution in [0.15, 0.2) is 12.1 Å². The first-order valence-corrected chi connectivity index (χ1v) is 9.26. The molecule has 1 N–H and O–H groups in total. The molecular weight excluding hydrogens is 328 g/mol. The van der Waals surface area contributed by atoms with Crippen molar-refractivity contribution in [2.45, 2.75) is 25.8 Å². The lowest BCUT2D eigenvalue weighted by Crippen LogP contribution is -2.50. The minimum absolute atomic E-state index is 0.0000574. The molecule has 2 unspecified atom stereocenters. The Morgan fingerprint density at radius 1 is 1.29 bits per heavy atom. The second-order valence-electron chi connectivity index (χ2n) is 5.03. The van der Waals surface area contributed by atoms with E-state index in [2.05, 4.69) is 5.32 Å². The van der Waals surface area contributed by atoms with Gasteiger partial charge in [0.15, 0.2) is 0 Å². The van der Waals surface area contributed by atoms with E-state index in [1.165, 1.54) is 11.3 Å². The Bertz CT molecular complexity index is 515. The Balaban J connectivity index is 1.90. The topological polar surface area (TPSA) is 49.4 Å². The molecule has 4 nitrogen and oxygen atoms in total. The van der Waals surface area contributed by atoms with Gasteiger partial charge in [-0.1, -0.05) is 11.6 Å². The van der Waals surface area contributed by atoms with Crippen LogP contribution in [0.1, 0.15) is 24.6 Å². The van der Waals surface area contributed by atoms with Crippen LogP contribution < -0.4 is 5.32 Å². The van der Waals surface area contributed by atoms with Gasteiger partial charge in [-0.2, -0.15) is 11.8 Å². The van der Waals surface area contributed by atoms with Crippen LogP contribution in [-0.2, 0) is 9.59 Å². The first kappa shape index (κ1) is 16.6. The number of thioether (sulfide) groups is 1. The first-order chi connectivity index (χ1) is 9.99. The largest absolute Gasteiger partial charge is 0.344 e. The van der Waals surface area contributed by atoms with E-state index >= 15 is 0 Å². The molecular formula is C14H19ClN2O2S2. The maximum absolute atomic E-state index is 12.3. The van der Waals surface area contributed by atoms with Gasteiger partial charge in [-0.25, -0.2) is 0 Å². The summed E-state index contributed by atoms with van der Waals surface area (Å²) in [4.78, 5) is 27.2. The second kappa shape index (κ2) is 7.51. The molecule has 2 rings (SSSR count). The number of nitrogens with zero attached hydrogens (tertiary/aromatic N) is 1. The number of hydrogen-bond acceptors (Lipinski definition) is 4. The van der Waals surface area contributed by atoms with Gasteiger partial charge in [0.1, 0.15) is 6.04 Å². The molecule has 1 aromatic heterocycles. The van der Waals surface area contributed by atoms with Crippen molar-refractivity contribution in [3.8, 4) is 0 Å². The van der Waals surface area contributed by atoms with E-state index in [0.29, 0.717) is 4.34 Å². The third kappa shape index (κ3) is 4.37. The molecule has 0 saturated carbocycles. The number of carbonyl (C=O) groups is 2. The Morgan fingerprint density at radius 3 is 2.52 bits per heavy atom. The molecule has 1 fully saturated rings. The van der Waals surface area contributed by atoms with Gasteiger partial charge >= 0.3 is 0 Å². The molecule has 21 heavy (non-hydrogen) atoms. The third-order valence-electron chi connectivity index (χ3n) is 3.47. The molecule has 0 aliphatic carbocycles. The molecule has 1 saturated heterocycles. The zero-order chi connectivity index (χ0) is 15.4. The maximum Gasteiger partial charge on any atom is 0.244 e. The van der Waals surface area contributed by atoms with E-state index < -0.39 is 6.04 Å². The summed E-state index contributed by atoms with van der Waals surface area (Å²) in [6.07, 6.45) is 0. The minimum atomic E-state index is -0.488. The monoisotopic (exact) mass is 346 g/mol. The van der Waals surface area contributed by atoms with Gasteiger partial charge in [-0.3, -0.25) is 9.59 Å². The summed E-state index contributed by atoms with van der Waals surface area (Å²) >= 11 is 9.14. The van der Waals surface area contributed by atoms with E-state index in [1.54, 1.807) is 13.0 Å². The highest BCUT2D eigenvalue weighted by Gasteiger charge is 2.26. The Labute approximate surface area is 138 Å². The highest BCUT2D eigenvalue weighted by Crippen LogP contribution is 2.28. The third-order valence-corrected chi connectivity index (χ3v) is 5.82. The van der Waals surface area contributed by atoms with Crippen molar-refractivity contribution in [3.63, 3.8) is 0 Å². The lowest BCUT2D eigenvalue weighted by Gasteiger charge is -2.29. The fourth-order valence-corrected chi connectivity index (χ4v) is 4.16. The SMILES string of the molecule is CC(NC(=O)C(C)c1ccc(Cl)s1)C(=O)N1CCSCC1. The van der Waals surface area contributed by atoms with Crippen molar-refractivity contribution in [2.75, 3.05) is 24.6 Å². The second-order valence-corrected chi connectivity index (χ2v) is 8.00. The summed E-state index contributed by atoms with van der Waals surface area (Å²) in [5.41, 5.74) is 0. The number of hydrogen-bond donors (Lipinski definition) is 1. The van der Waals surface area contributed by atoms with Crippen molar-refractivity contribution in [1.29, 1.82) is 0 Å². The Kier molecular flexibility index (Phi) is 5.96. The lowest BCUT2D eigenvalue weighted by molar-refractivity contribution is -0.135. The highest BCUT2D eigenvalue weighted by molar-refractivity contribution is 7.99. The smallest absolute Gasteiger partial charge is 0.244 e. The number of halogens is 1. The van der Waals surface area contributed by atoms with Gasteiger partial charge in [0.05, 0.1) is 10.3 Å². The number of rotatable bonds is 4. The number of nitrogens with one attached hydrogen (secondary N) is 1. The highest BCUT2D eigenvalue weighted by atomic mass is 35.5. The van der Waals surface area contributed by atoms with Crippen LogP contribution in [0, 0.1) is 0 Å². The molecule has 1 aliphatic rings. The number of amides is 2. The fourth-order valence-electron chi connectivity index (χ4n) is 2.15. The molecule has 0 spiro atoms. The molecule has 0 aromatic carbocycles. The molecule has 1 aromatic rings. The molecule has 2 heterocycles. The van der Waals surface area contributed by atoms with Gasteiger partial charge in [0.25, 0.3) is 0 Å². The predicted molar refractivity (Wildman–Crippen MR) is 89.3 cm³/mol. The van der Waals surface area contributed by atoms with Crippen LogP contribution in [0.4, 0.5) is 0 Å². The van der Waals surface area contributed by atoms with Gasteiger partial charge in [-0.05, 0) is 26.0 Å². The summed E-state index contributed by atoms with van der Waals surface area (Å²) in [5, 5.41) is 2.81. The van der Waals surface area contributed by atoms with Gasteiger partial charge in [0, 0.05) is 29.5 Å². The summed E-state index contributed by atoms with van der Waals surface area (Å²) in [5.74, 6) is 1.50. The summed E-state index contributed by atoms with van der Waals surface area (Å²) < 4.78 is 0.666. The van der Waals surface area contributed by atoms with Crippen LogP contribution in [0.3, 0.4) is 0 Å². The number of thiophene rings is 1. The first-order valence-electron chi connectivity index (χ1n) is 6.91. The molecule has 0 radical (unpaired) electrons. The minimum Gasteiger partial charge on any atom is -0.344 e. The van der Waals surface area contributed by atoms with Gasteiger partial charge in [-0.15, -0.1) is 11.3 Å².